The largest absolute Gasteiger partial charge is 0.475 e. The van der Waals surface area contributed by atoms with Crippen molar-refractivity contribution in [3.05, 3.63) is 148 Å². The molecule has 4 aromatic carbocycles. The zero-order valence-corrected chi connectivity index (χ0v) is 24.0. The van der Waals surface area contributed by atoms with E-state index in [1.807, 2.05) is 32.2 Å². The predicted octanol–water partition coefficient (Wildman–Crippen LogP) is 8.33. The molecule has 2 heterocycles. The van der Waals surface area contributed by atoms with Gasteiger partial charge < -0.3 is 4.74 Å². The summed E-state index contributed by atoms with van der Waals surface area (Å²) in [4.78, 5) is 4.60. The van der Waals surface area contributed by atoms with Gasteiger partial charge in [0.05, 0.1) is 11.6 Å². The summed E-state index contributed by atoms with van der Waals surface area (Å²) in [6, 6.07) is 42.5. The van der Waals surface area contributed by atoms with Gasteiger partial charge in [0, 0.05) is 26.8 Å². The van der Waals surface area contributed by atoms with E-state index in [4.69, 9.17) is 9.84 Å². The van der Waals surface area contributed by atoms with E-state index in [1.165, 1.54) is 0 Å². The SMILES string of the molecule is CC(C)Oc1ccc(-c2nn(C(c3ccccc3)(c3ccccc3)c3ccccc3)c3ccc(I)cc23)cn1. The van der Waals surface area contributed by atoms with Crippen molar-refractivity contribution < 1.29 is 4.74 Å². The average Bonchev–Trinajstić information content (AvgIpc) is 3.34. The minimum Gasteiger partial charge on any atom is -0.475 e. The van der Waals surface area contributed by atoms with Crippen LogP contribution in [0.15, 0.2) is 128 Å². The molecular weight excluding hydrogens is 593 g/mol. The Kier molecular flexibility index (Phi) is 6.92. The molecule has 6 aromatic rings. The molecule has 0 aliphatic carbocycles. The number of hydrogen-bond donors (Lipinski definition) is 0. The zero-order chi connectivity index (χ0) is 26.8. The lowest BCUT2D eigenvalue weighted by molar-refractivity contribution is 0.232. The number of rotatable bonds is 7. The third-order valence-corrected chi connectivity index (χ3v) is 7.57. The van der Waals surface area contributed by atoms with Crippen LogP contribution >= 0.6 is 22.6 Å². The van der Waals surface area contributed by atoms with Crippen LogP contribution in [0.5, 0.6) is 5.88 Å². The normalized spacial score (nSPS) is 11.7. The summed E-state index contributed by atoms with van der Waals surface area (Å²) in [5.74, 6) is 0.610. The molecule has 0 spiro atoms. The number of benzene rings is 4. The van der Waals surface area contributed by atoms with Crippen LogP contribution in [0, 0.1) is 3.57 Å². The molecule has 0 unspecified atom stereocenters. The second-order valence-corrected chi connectivity index (χ2v) is 11.0. The first-order valence-electron chi connectivity index (χ1n) is 13.1. The smallest absolute Gasteiger partial charge is 0.213 e. The molecule has 0 saturated carbocycles. The lowest BCUT2D eigenvalue weighted by Gasteiger charge is -2.37. The molecule has 0 aliphatic heterocycles. The molecule has 2 aromatic heterocycles. The molecule has 39 heavy (non-hydrogen) atoms. The number of hydrogen-bond acceptors (Lipinski definition) is 3. The highest BCUT2D eigenvalue weighted by Crippen LogP contribution is 2.44. The lowest BCUT2D eigenvalue weighted by Crippen LogP contribution is -2.38. The molecule has 0 bridgehead atoms. The van der Waals surface area contributed by atoms with Gasteiger partial charge >= 0.3 is 0 Å². The molecule has 0 amide bonds. The third-order valence-electron chi connectivity index (χ3n) is 6.90. The van der Waals surface area contributed by atoms with E-state index >= 15 is 0 Å². The minimum absolute atomic E-state index is 0.0631. The summed E-state index contributed by atoms with van der Waals surface area (Å²) in [5.41, 5.74) is 5.58. The molecule has 0 N–H and O–H groups in total. The Morgan fingerprint density at radius 1 is 0.718 bits per heavy atom. The topological polar surface area (TPSA) is 39.9 Å². The highest BCUT2D eigenvalue weighted by Gasteiger charge is 2.41. The van der Waals surface area contributed by atoms with E-state index in [0.717, 1.165) is 42.4 Å². The van der Waals surface area contributed by atoms with Gasteiger partial charge in [-0.05, 0) is 77.4 Å². The summed E-state index contributed by atoms with van der Waals surface area (Å²) in [6.45, 7) is 4.01. The van der Waals surface area contributed by atoms with E-state index in [1.54, 1.807) is 0 Å². The fraction of sp³-hybridized carbons (Fsp3) is 0.118. The molecule has 5 heteroatoms. The zero-order valence-electron chi connectivity index (χ0n) is 21.8. The first-order chi connectivity index (χ1) is 19.1. The first-order valence-corrected chi connectivity index (χ1v) is 14.1. The van der Waals surface area contributed by atoms with Gasteiger partial charge in [0.15, 0.2) is 0 Å². The molecule has 0 fully saturated rings. The minimum atomic E-state index is -0.707. The van der Waals surface area contributed by atoms with Gasteiger partial charge in [-0.25, -0.2) is 9.67 Å². The van der Waals surface area contributed by atoms with Crippen LogP contribution in [-0.2, 0) is 5.54 Å². The maximum absolute atomic E-state index is 5.81. The van der Waals surface area contributed by atoms with E-state index < -0.39 is 5.54 Å². The molecule has 0 saturated heterocycles. The Morgan fingerprint density at radius 2 is 1.28 bits per heavy atom. The Bertz CT molecular complexity index is 1600. The fourth-order valence-electron chi connectivity index (χ4n) is 5.30. The third kappa shape index (κ3) is 4.61. The summed E-state index contributed by atoms with van der Waals surface area (Å²) < 4.78 is 9.16. The van der Waals surface area contributed by atoms with Crippen molar-refractivity contribution in [2.24, 2.45) is 0 Å². The second kappa shape index (κ2) is 10.7. The van der Waals surface area contributed by atoms with Crippen molar-refractivity contribution in [1.29, 1.82) is 0 Å². The molecule has 0 atom stereocenters. The standard InChI is InChI=1S/C34H28IN3O/c1-24(2)39-32-21-18-25(23-36-32)33-30-22-29(35)19-20-31(30)38(37-33)34(26-12-6-3-7-13-26,27-14-8-4-9-15-27)28-16-10-5-11-17-28/h3-24H,1-2H3. The Hall–Kier alpha value is -3.97. The predicted molar refractivity (Wildman–Crippen MR) is 166 cm³/mol. The number of nitrogens with zero attached hydrogens (tertiary/aromatic N) is 3. The van der Waals surface area contributed by atoms with Gasteiger partial charge in [0.1, 0.15) is 11.2 Å². The number of fused-ring (bicyclic) bond motifs is 1. The fourth-order valence-corrected chi connectivity index (χ4v) is 5.79. The number of aromatic nitrogens is 3. The summed E-state index contributed by atoms with van der Waals surface area (Å²) in [6.07, 6.45) is 1.92. The van der Waals surface area contributed by atoms with E-state index in [2.05, 4.69) is 141 Å². The van der Waals surface area contributed by atoms with Crippen LogP contribution in [0.3, 0.4) is 0 Å². The van der Waals surface area contributed by atoms with Gasteiger partial charge in [0.25, 0.3) is 0 Å². The maximum Gasteiger partial charge on any atom is 0.213 e. The molecular formula is C34H28IN3O. The highest BCUT2D eigenvalue weighted by molar-refractivity contribution is 14.1. The van der Waals surface area contributed by atoms with Gasteiger partial charge in [-0.15, -0.1) is 0 Å². The van der Waals surface area contributed by atoms with Crippen LogP contribution in [0.4, 0.5) is 0 Å². The quantitative estimate of drug-likeness (QED) is 0.133. The molecule has 0 radical (unpaired) electrons. The Balaban J connectivity index is 1.70. The van der Waals surface area contributed by atoms with Crippen molar-refractivity contribution in [3.8, 4) is 17.1 Å². The van der Waals surface area contributed by atoms with Crippen molar-refractivity contribution in [3.63, 3.8) is 0 Å². The molecule has 192 valence electrons. The van der Waals surface area contributed by atoms with Gasteiger partial charge in [0.2, 0.25) is 5.88 Å². The van der Waals surface area contributed by atoms with Gasteiger partial charge in [-0.3, -0.25) is 0 Å². The van der Waals surface area contributed by atoms with Crippen LogP contribution in [0.25, 0.3) is 22.2 Å². The van der Waals surface area contributed by atoms with E-state index in [0.29, 0.717) is 5.88 Å². The van der Waals surface area contributed by atoms with Crippen LogP contribution in [0.1, 0.15) is 30.5 Å². The van der Waals surface area contributed by atoms with Crippen molar-refractivity contribution in [1.82, 2.24) is 14.8 Å². The lowest BCUT2D eigenvalue weighted by atomic mass is 9.77. The van der Waals surface area contributed by atoms with E-state index in [-0.39, 0.29) is 6.10 Å². The number of pyridine rings is 1. The monoisotopic (exact) mass is 621 g/mol. The Labute approximate surface area is 242 Å². The van der Waals surface area contributed by atoms with Crippen LogP contribution < -0.4 is 4.74 Å². The van der Waals surface area contributed by atoms with Crippen LogP contribution in [0.2, 0.25) is 0 Å². The van der Waals surface area contributed by atoms with Crippen molar-refractivity contribution in [2.75, 3.05) is 0 Å². The van der Waals surface area contributed by atoms with Gasteiger partial charge in [-0.2, -0.15) is 5.10 Å². The summed E-state index contributed by atoms with van der Waals surface area (Å²) >= 11 is 2.37. The molecule has 6 rings (SSSR count). The summed E-state index contributed by atoms with van der Waals surface area (Å²) in [7, 11) is 0. The Morgan fingerprint density at radius 3 is 1.77 bits per heavy atom. The average molecular weight is 622 g/mol. The highest BCUT2D eigenvalue weighted by atomic mass is 127. The van der Waals surface area contributed by atoms with Crippen LogP contribution in [-0.4, -0.2) is 20.9 Å². The van der Waals surface area contributed by atoms with Crippen molar-refractivity contribution >= 4 is 33.5 Å². The second-order valence-electron chi connectivity index (χ2n) is 9.78. The number of halogens is 1. The summed E-state index contributed by atoms with van der Waals surface area (Å²) in [5, 5.41) is 6.50. The molecule has 0 aliphatic rings. The van der Waals surface area contributed by atoms with Crippen molar-refractivity contribution in [2.45, 2.75) is 25.5 Å². The van der Waals surface area contributed by atoms with Gasteiger partial charge in [-0.1, -0.05) is 91.0 Å². The first kappa shape index (κ1) is 25.3. The number of ether oxygens (including phenoxy) is 1. The molecule has 4 nitrogen and oxygen atoms in total. The maximum atomic E-state index is 5.81. The van der Waals surface area contributed by atoms with E-state index in [9.17, 15) is 0 Å².